The normalized spacial score (nSPS) is 17.6. The monoisotopic (exact) mass is 378 g/mol. The number of aromatic nitrogens is 2. The molecular formula is C19H27ClN4O2. The molecule has 0 amide bonds. The van der Waals surface area contributed by atoms with Gasteiger partial charge in [-0.15, -0.1) is 0 Å². The molecule has 0 N–H and O–H groups in total. The van der Waals surface area contributed by atoms with Crippen molar-refractivity contribution in [3.05, 3.63) is 41.0 Å². The average molecular weight is 379 g/mol. The van der Waals surface area contributed by atoms with Gasteiger partial charge in [0.05, 0.1) is 6.04 Å². The SMILES string of the molecule is CC(C)c1noc([C@H](C)N2CCN(CCOc3ccc(Cl)cc3)CC2)n1. The van der Waals surface area contributed by atoms with Crippen LogP contribution < -0.4 is 4.74 Å². The molecule has 0 bridgehead atoms. The summed E-state index contributed by atoms with van der Waals surface area (Å²) in [6.07, 6.45) is 0. The third kappa shape index (κ3) is 4.96. The molecule has 1 aromatic carbocycles. The molecule has 0 radical (unpaired) electrons. The Kier molecular flexibility index (Phi) is 6.51. The van der Waals surface area contributed by atoms with Gasteiger partial charge in [0.1, 0.15) is 12.4 Å². The van der Waals surface area contributed by atoms with E-state index in [1.54, 1.807) is 0 Å². The van der Waals surface area contributed by atoms with Gasteiger partial charge >= 0.3 is 0 Å². The summed E-state index contributed by atoms with van der Waals surface area (Å²) in [4.78, 5) is 9.35. The summed E-state index contributed by atoms with van der Waals surface area (Å²) < 4.78 is 11.2. The van der Waals surface area contributed by atoms with Crippen molar-refractivity contribution in [3.8, 4) is 5.75 Å². The third-order valence-electron chi connectivity index (χ3n) is 4.78. The second kappa shape index (κ2) is 8.84. The van der Waals surface area contributed by atoms with Gasteiger partial charge in [0, 0.05) is 43.7 Å². The summed E-state index contributed by atoms with van der Waals surface area (Å²) in [5, 5.41) is 4.80. The second-order valence-corrected chi connectivity index (χ2v) is 7.44. The maximum Gasteiger partial charge on any atom is 0.243 e. The van der Waals surface area contributed by atoms with Gasteiger partial charge in [0.15, 0.2) is 5.82 Å². The summed E-state index contributed by atoms with van der Waals surface area (Å²) in [7, 11) is 0. The van der Waals surface area contributed by atoms with Gasteiger partial charge in [-0.2, -0.15) is 4.98 Å². The van der Waals surface area contributed by atoms with Crippen LogP contribution in [0.5, 0.6) is 5.75 Å². The van der Waals surface area contributed by atoms with E-state index in [4.69, 9.17) is 20.9 Å². The fourth-order valence-corrected chi connectivity index (χ4v) is 3.13. The fraction of sp³-hybridized carbons (Fsp3) is 0.579. The zero-order valence-electron chi connectivity index (χ0n) is 15.7. The summed E-state index contributed by atoms with van der Waals surface area (Å²) in [5.74, 6) is 2.65. The summed E-state index contributed by atoms with van der Waals surface area (Å²) in [5.41, 5.74) is 0. The highest BCUT2D eigenvalue weighted by molar-refractivity contribution is 6.30. The molecule has 1 aromatic heterocycles. The van der Waals surface area contributed by atoms with Crippen LogP contribution in [0, 0.1) is 0 Å². The van der Waals surface area contributed by atoms with E-state index in [1.165, 1.54) is 0 Å². The molecular weight excluding hydrogens is 352 g/mol. The first-order chi connectivity index (χ1) is 12.5. The van der Waals surface area contributed by atoms with Crippen LogP contribution in [0.1, 0.15) is 44.4 Å². The van der Waals surface area contributed by atoms with E-state index in [2.05, 4.69) is 40.7 Å². The van der Waals surface area contributed by atoms with Gasteiger partial charge in [0.2, 0.25) is 5.89 Å². The Morgan fingerprint density at radius 2 is 1.81 bits per heavy atom. The lowest BCUT2D eigenvalue weighted by atomic mass is 10.2. The van der Waals surface area contributed by atoms with E-state index >= 15 is 0 Å². The predicted molar refractivity (Wildman–Crippen MR) is 102 cm³/mol. The van der Waals surface area contributed by atoms with Crippen molar-refractivity contribution in [1.82, 2.24) is 19.9 Å². The topological polar surface area (TPSA) is 54.6 Å². The molecule has 0 spiro atoms. The van der Waals surface area contributed by atoms with Crippen LogP contribution in [0.25, 0.3) is 0 Å². The molecule has 3 rings (SSSR count). The molecule has 6 nitrogen and oxygen atoms in total. The van der Waals surface area contributed by atoms with Gasteiger partial charge < -0.3 is 9.26 Å². The standard InChI is InChI=1S/C19H27ClN4O2/c1-14(2)18-21-19(26-22-18)15(3)24-10-8-23(9-11-24)12-13-25-17-6-4-16(20)5-7-17/h4-7,14-15H,8-13H2,1-3H3/t15-/m0/s1. The Morgan fingerprint density at radius 1 is 1.12 bits per heavy atom. The molecule has 1 fully saturated rings. The van der Waals surface area contributed by atoms with Crippen LogP contribution >= 0.6 is 11.6 Å². The summed E-state index contributed by atoms with van der Waals surface area (Å²) in [6, 6.07) is 7.65. The van der Waals surface area contributed by atoms with Crippen molar-refractivity contribution in [1.29, 1.82) is 0 Å². The molecule has 2 heterocycles. The van der Waals surface area contributed by atoms with Crippen LogP contribution in [0.15, 0.2) is 28.8 Å². The van der Waals surface area contributed by atoms with Crippen molar-refractivity contribution >= 4 is 11.6 Å². The molecule has 1 saturated heterocycles. The molecule has 0 saturated carbocycles. The Balaban J connectivity index is 1.41. The molecule has 2 aromatic rings. The van der Waals surface area contributed by atoms with Gasteiger partial charge in [-0.3, -0.25) is 9.80 Å². The molecule has 1 aliphatic rings. The summed E-state index contributed by atoms with van der Waals surface area (Å²) in [6.45, 7) is 11.9. The van der Waals surface area contributed by atoms with Crippen molar-refractivity contribution < 1.29 is 9.26 Å². The lowest BCUT2D eigenvalue weighted by Crippen LogP contribution is -2.48. The highest BCUT2D eigenvalue weighted by Crippen LogP contribution is 2.22. The van der Waals surface area contributed by atoms with Gasteiger partial charge in [-0.1, -0.05) is 30.6 Å². The lowest BCUT2D eigenvalue weighted by molar-refractivity contribution is 0.0800. The Morgan fingerprint density at radius 3 is 2.42 bits per heavy atom. The highest BCUT2D eigenvalue weighted by atomic mass is 35.5. The Bertz CT molecular complexity index is 681. The maximum absolute atomic E-state index is 5.88. The quantitative estimate of drug-likeness (QED) is 0.733. The first-order valence-corrected chi connectivity index (χ1v) is 9.59. The minimum Gasteiger partial charge on any atom is -0.492 e. The average Bonchev–Trinajstić information content (AvgIpc) is 3.14. The van der Waals surface area contributed by atoms with E-state index < -0.39 is 0 Å². The van der Waals surface area contributed by atoms with E-state index in [0.717, 1.165) is 49.3 Å². The lowest BCUT2D eigenvalue weighted by Gasteiger charge is -2.36. The van der Waals surface area contributed by atoms with E-state index in [1.807, 2.05) is 24.3 Å². The van der Waals surface area contributed by atoms with Gasteiger partial charge in [0.25, 0.3) is 0 Å². The van der Waals surface area contributed by atoms with Crippen molar-refractivity contribution in [2.45, 2.75) is 32.7 Å². The molecule has 1 aliphatic heterocycles. The van der Waals surface area contributed by atoms with Crippen molar-refractivity contribution in [2.75, 3.05) is 39.3 Å². The van der Waals surface area contributed by atoms with E-state index in [9.17, 15) is 0 Å². The smallest absolute Gasteiger partial charge is 0.243 e. The van der Waals surface area contributed by atoms with E-state index in [-0.39, 0.29) is 12.0 Å². The van der Waals surface area contributed by atoms with Crippen LogP contribution in [-0.2, 0) is 0 Å². The minimum atomic E-state index is 0.155. The molecule has 0 unspecified atom stereocenters. The largest absolute Gasteiger partial charge is 0.492 e. The maximum atomic E-state index is 5.88. The third-order valence-corrected chi connectivity index (χ3v) is 5.03. The number of piperazine rings is 1. The number of benzene rings is 1. The zero-order chi connectivity index (χ0) is 18.5. The Labute approximate surface area is 160 Å². The Hall–Kier alpha value is -1.63. The van der Waals surface area contributed by atoms with Crippen LogP contribution in [0.4, 0.5) is 0 Å². The van der Waals surface area contributed by atoms with E-state index in [0.29, 0.717) is 12.5 Å². The first kappa shape index (κ1) is 19.1. The molecule has 1 atom stereocenters. The number of nitrogens with zero attached hydrogens (tertiary/aromatic N) is 4. The van der Waals surface area contributed by atoms with Crippen LogP contribution in [-0.4, -0.2) is 59.3 Å². The predicted octanol–water partition coefficient (Wildman–Crippen LogP) is 3.60. The van der Waals surface area contributed by atoms with Crippen molar-refractivity contribution in [3.63, 3.8) is 0 Å². The van der Waals surface area contributed by atoms with Crippen LogP contribution in [0.3, 0.4) is 0 Å². The number of hydrogen-bond acceptors (Lipinski definition) is 6. The van der Waals surface area contributed by atoms with Crippen LogP contribution in [0.2, 0.25) is 5.02 Å². The summed E-state index contributed by atoms with van der Waals surface area (Å²) >= 11 is 5.88. The van der Waals surface area contributed by atoms with Gasteiger partial charge in [-0.05, 0) is 31.2 Å². The number of hydrogen-bond donors (Lipinski definition) is 0. The number of halogens is 1. The van der Waals surface area contributed by atoms with Crippen molar-refractivity contribution in [2.24, 2.45) is 0 Å². The minimum absolute atomic E-state index is 0.155. The fourth-order valence-electron chi connectivity index (χ4n) is 3.01. The highest BCUT2D eigenvalue weighted by Gasteiger charge is 2.26. The zero-order valence-corrected chi connectivity index (χ0v) is 16.4. The molecule has 26 heavy (non-hydrogen) atoms. The molecule has 0 aliphatic carbocycles. The number of rotatable bonds is 7. The van der Waals surface area contributed by atoms with Gasteiger partial charge in [-0.25, -0.2) is 0 Å². The second-order valence-electron chi connectivity index (χ2n) is 7.00. The molecule has 7 heteroatoms. The molecule has 142 valence electrons. The number of ether oxygens (including phenoxy) is 1. The first-order valence-electron chi connectivity index (χ1n) is 9.21.